The summed E-state index contributed by atoms with van der Waals surface area (Å²) >= 11 is 0. The van der Waals surface area contributed by atoms with Crippen molar-refractivity contribution in [2.45, 2.75) is 25.8 Å². The van der Waals surface area contributed by atoms with Crippen LogP contribution in [0.25, 0.3) is 0 Å². The van der Waals surface area contributed by atoms with E-state index in [1.54, 1.807) is 0 Å². The van der Waals surface area contributed by atoms with Crippen LogP contribution in [0.2, 0.25) is 0 Å². The Morgan fingerprint density at radius 1 is 1.59 bits per heavy atom. The molecule has 0 aliphatic heterocycles. The van der Waals surface area contributed by atoms with Gasteiger partial charge in [-0.05, 0) is 25.8 Å². The largest absolute Gasteiger partial charge is 0.396 e. The SMILES string of the molecule is CC(CCCO)Nc1ccc([N+](=O)[O-])cc1F. The van der Waals surface area contributed by atoms with Crippen molar-refractivity contribution in [2.75, 3.05) is 11.9 Å². The first-order chi connectivity index (χ1) is 8.04. The second-order valence-corrected chi connectivity index (χ2v) is 3.83. The number of non-ortho nitro benzene ring substituents is 1. The molecule has 2 N–H and O–H groups in total. The van der Waals surface area contributed by atoms with Gasteiger partial charge < -0.3 is 10.4 Å². The van der Waals surface area contributed by atoms with Crippen LogP contribution < -0.4 is 5.32 Å². The number of halogens is 1. The van der Waals surface area contributed by atoms with E-state index in [2.05, 4.69) is 5.32 Å². The highest BCUT2D eigenvalue weighted by molar-refractivity contribution is 5.50. The summed E-state index contributed by atoms with van der Waals surface area (Å²) < 4.78 is 13.5. The fourth-order valence-corrected chi connectivity index (χ4v) is 1.47. The Balaban J connectivity index is 2.69. The topological polar surface area (TPSA) is 75.4 Å². The van der Waals surface area contributed by atoms with Crippen LogP contribution in [0.4, 0.5) is 15.8 Å². The van der Waals surface area contributed by atoms with Crippen LogP contribution in [-0.2, 0) is 0 Å². The van der Waals surface area contributed by atoms with Gasteiger partial charge in [0.05, 0.1) is 16.7 Å². The highest BCUT2D eigenvalue weighted by Crippen LogP contribution is 2.21. The summed E-state index contributed by atoms with van der Waals surface area (Å²) in [6.07, 6.45) is 1.33. The molecule has 0 heterocycles. The predicted molar refractivity (Wildman–Crippen MR) is 62.5 cm³/mol. The van der Waals surface area contributed by atoms with E-state index >= 15 is 0 Å². The van der Waals surface area contributed by atoms with Gasteiger partial charge in [0, 0.05) is 18.7 Å². The monoisotopic (exact) mass is 242 g/mol. The number of nitro benzene ring substituents is 1. The molecule has 0 saturated heterocycles. The molecule has 0 aromatic heterocycles. The molecule has 1 atom stereocenters. The van der Waals surface area contributed by atoms with Crippen LogP contribution in [0.15, 0.2) is 18.2 Å². The lowest BCUT2D eigenvalue weighted by molar-refractivity contribution is -0.385. The van der Waals surface area contributed by atoms with Crippen molar-refractivity contribution >= 4 is 11.4 Å². The molecule has 5 nitrogen and oxygen atoms in total. The number of rotatable bonds is 6. The van der Waals surface area contributed by atoms with Gasteiger partial charge in [0.1, 0.15) is 0 Å². The summed E-state index contributed by atoms with van der Waals surface area (Å²) in [6, 6.07) is 3.49. The van der Waals surface area contributed by atoms with Gasteiger partial charge in [0.15, 0.2) is 5.82 Å². The van der Waals surface area contributed by atoms with Crippen LogP contribution in [0.1, 0.15) is 19.8 Å². The van der Waals surface area contributed by atoms with E-state index < -0.39 is 10.7 Å². The van der Waals surface area contributed by atoms with Gasteiger partial charge in [-0.1, -0.05) is 0 Å². The molecule has 0 radical (unpaired) electrons. The maximum Gasteiger partial charge on any atom is 0.272 e. The first-order valence-corrected chi connectivity index (χ1v) is 5.36. The van der Waals surface area contributed by atoms with Gasteiger partial charge in [0.2, 0.25) is 0 Å². The standard InChI is InChI=1S/C11H15FN2O3/c1-8(3-2-6-15)13-11-5-4-9(14(16)17)7-10(11)12/h4-5,7-8,13,15H,2-3,6H2,1H3. The molecular weight excluding hydrogens is 227 g/mol. The van der Waals surface area contributed by atoms with Gasteiger partial charge in [-0.15, -0.1) is 0 Å². The third-order valence-electron chi connectivity index (χ3n) is 2.36. The van der Waals surface area contributed by atoms with E-state index in [0.717, 1.165) is 6.07 Å². The number of aliphatic hydroxyl groups is 1. The second-order valence-electron chi connectivity index (χ2n) is 3.83. The fraction of sp³-hybridized carbons (Fsp3) is 0.455. The Hall–Kier alpha value is -1.69. The molecule has 0 fully saturated rings. The molecule has 1 unspecified atom stereocenters. The molecular formula is C11H15FN2O3. The Morgan fingerprint density at radius 3 is 2.82 bits per heavy atom. The molecule has 0 bridgehead atoms. The first kappa shape index (κ1) is 13.4. The molecule has 0 aliphatic rings. The van der Waals surface area contributed by atoms with E-state index in [1.807, 2.05) is 6.92 Å². The van der Waals surface area contributed by atoms with E-state index in [4.69, 9.17) is 5.11 Å². The third kappa shape index (κ3) is 3.99. The summed E-state index contributed by atoms with van der Waals surface area (Å²) in [5.41, 5.74) is -0.0305. The summed E-state index contributed by atoms with van der Waals surface area (Å²) in [5.74, 6) is -0.643. The number of nitrogens with one attached hydrogen (secondary N) is 1. The van der Waals surface area contributed by atoms with Crippen molar-refractivity contribution in [1.29, 1.82) is 0 Å². The molecule has 6 heteroatoms. The average Bonchev–Trinajstić information content (AvgIpc) is 2.28. The van der Waals surface area contributed by atoms with E-state index in [9.17, 15) is 14.5 Å². The van der Waals surface area contributed by atoms with Gasteiger partial charge in [-0.25, -0.2) is 4.39 Å². The smallest absolute Gasteiger partial charge is 0.272 e. The highest BCUT2D eigenvalue weighted by Gasteiger charge is 2.11. The van der Waals surface area contributed by atoms with Gasteiger partial charge in [0.25, 0.3) is 5.69 Å². The van der Waals surface area contributed by atoms with E-state index in [-0.39, 0.29) is 24.0 Å². The van der Waals surface area contributed by atoms with Crippen molar-refractivity contribution in [3.63, 3.8) is 0 Å². The van der Waals surface area contributed by atoms with E-state index in [1.165, 1.54) is 12.1 Å². The Kier molecular flexibility index (Phi) is 4.84. The molecule has 17 heavy (non-hydrogen) atoms. The van der Waals surface area contributed by atoms with Crippen molar-refractivity contribution in [1.82, 2.24) is 0 Å². The maximum absolute atomic E-state index is 13.5. The molecule has 0 aliphatic carbocycles. The lowest BCUT2D eigenvalue weighted by atomic mass is 10.1. The minimum atomic E-state index is -0.643. The summed E-state index contributed by atoms with van der Waals surface area (Å²) in [7, 11) is 0. The molecule has 1 aromatic rings. The average molecular weight is 242 g/mol. The number of aliphatic hydroxyl groups excluding tert-OH is 1. The van der Waals surface area contributed by atoms with Crippen LogP contribution in [0.5, 0.6) is 0 Å². The van der Waals surface area contributed by atoms with Gasteiger partial charge in [-0.2, -0.15) is 0 Å². The number of benzene rings is 1. The van der Waals surface area contributed by atoms with Gasteiger partial charge in [-0.3, -0.25) is 10.1 Å². The Labute approximate surface area is 98.4 Å². The summed E-state index contributed by atoms with van der Waals surface area (Å²) in [6.45, 7) is 1.95. The minimum Gasteiger partial charge on any atom is -0.396 e. The molecule has 94 valence electrons. The number of anilines is 1. The summed E-state index contributed by atoms with van der Waals surface area (Å²) in [4.78, 5) is 9.78. The van der Waals surface area contributed by atoms with Crippen molar-refractivity contribution in [2.24, 2.45) is 0 Å². The first-order valence-electron chi connectivity index (χ1n) is 5.36. The third-order valence-corrected chi connectivity index (χ3v) is 2.36. The predicted octanol–water partition coefficient (Wildman–Crippen LogP) is 2.31. The normalized spacial score (nSPS) is 12.2. The summed E-state index contributed by atoms with van der Waals surface area (Å²) in [5, 5.41) is 22.0. The quantitative estimate of drug-likeness (QED) is 0.593. The zero-order chi connectivity index (χ0) is 12.8. The molecule has 1 rings (SSSR count). The van der Waals surface area contributed by atoms with Crippen molar-refractivity contribution < 1.29 is 14.4 Å². The van der Waals surface area contributed by atoms with Crippen LogP contribution in [-0.4, -0.2) is 22.7 Å². The van der Waals surface area contributed by atoms with Crippen LogP contribution in [0.3, 0.4) is 0 Å². The number of hydrogen-bond acceptors (Lipinski definition) is 4. The number of nitrogens with zero attached hydrogens (tertiary/aromatic N) is 1. The Bertz CT molecular complexity index is 398. The zero-order valence-electron chi connectivity index (χ0n) is 9.52. The molecule has 0 amide bonds. The van der Waals surface area contributed by atoms with Gasteiger partial charge >= 0.3 is 0 Å². The Morgan fingerprint density at radius 2 is 2.29 bits per heavy atom. The maximum atomic E-state index is 13.5. The molecule has 0 spiro atoms. The van der Waals surface area contributed by atoms with Crippen molar-refractivity contribution in [3.8, 4) is 0 Å². The van der Waals surface area contributed by atoms with Crippen LogP contribution >= 0.6 is 0 Å². The lowest BCUT2D eigenvalue weighted by Crippen LogP contribution is -2.16. The zero-order valence-corrected chi connectivity index (χ0v) is 9.52. The fourth-order valence-electron chi connectivity index (χ4n) is 1.47. The molecule has 1 aromatic carbocycles. The van der Waals surface area contributed by atoms with Crippen molar-refractivity contribution in [3.05, 3.63) is 34.1 Å². The molecule has 0 saturated carbocycles. The lowest BCUT2D eigenvalue weighted by Gasteiger charge is -2.14. The van der Waals surface area contributed by atoms with Crippen LogP contribution in [0, 0.1) is 15.9 Å². The van der Waals surface area contributed by atoms with E-state index in [0.29, 0.717) is 12.8 Å². The second kappa shape index (κ2) is 6.15. The number of hydrogen-bond donors (Lipinski definition) is 2. The number of nitro groups is 1. The minimum absolute atomic E-state index is 0.00175. The highest BCUT2D eigenvalue weighted by atomic mass is 19.1.